The fraction of sp³-hybridized carbons (Fsp3) is 0.154. The minimum atomic E-state index is -3.65. The van der Waals surface area contributed by atoms with Crippen LogP contribution in [-0.2, 0) is 10.0 Å². The summed E-state index contributed by atoms with van der Waals surface area (Å²) in [6.07, 6.45) is 3.12. The van der Waals surface area contributed by atoms with Crippen molar-refractivity contribution < 1.29 is 8.42 Å². The Morgan fingerprint density at radius 3 is 2.45 bits per heavy atom. The Bertz CT molecular complexity index is 705. The van der Waals surface area contributed by atoms with Gasteiger partial charge in [0.15, 0.2) is 0 Å². The van der Waals surface area contributed by atoms with Crippen molar-refractivity contribution >= 4 is 37.3 Å². The van der Waals surface area contributed by atoms with Crippen LogP contribution in [0.1, 0.15) is 6.92 Å². The number of anilines is 2. The van der Waals surface area contributed by atoms with Crippen LogP contribution in [0.25, 0.3) is 0 Å². The van der Waals surface area contributed by atoms with Crippen LogP contribution < -0.4 is 10.0 Å². The summed E-state index contributed by atoms with van der Waals surface area (Å²) in [5.41, 5.74) is 6.72. The van der Waals surface area contributed by atoms with Crippen LogP contribution in [0, 0.1) is 0 Å². The first-order valence-corrected chi connectivity index (χ1v) is 8.18. The molecule has 7 heteroatoms. The van der Waals surface area contributed by atoms with E-state index in [-0.39, 0.29) is 4.90 Å². The van der Waals surface area contributed by atoms with Gasteiger partial charge in [-0.2, -0.15) is 0 Å². The molecule has 0 atom stereocenters. The molecule has 0 aliphatic carbocycles. The van der Waals surface area contributed by atoms with Gasteiger partial charge in [0.05, 0.1) is 5.69 Å². The van der Waals surface area contributed by atoms with Crippen LogP contribution in [0.4, 0.5) is 11.4 Å². The van der Waals surface area contributed by atoms with E-state index in [1.807, 2.05) is 0 Å². The molecule has 0 fully saturated rings. The molecule has 0 aliphatic heterocycles. The minimum absolute atomic E-state index is 0.186. The molecule has 106 valence electrons. The lowest BCUT2D eigenvalue weighted by Crippen LogP contribution is -2.31. The van der Waals surface area contributed by atoms with Crippen molar-refractivity contribution in [2.75, 3.05) is 16.6 Å². The highest BCUT2D eigenvalue weighted by Crippen LogP contribution is 2.29. The molecule has 1 aromatic carbocycles. The Morgan fingerprint density at radius 1 is 1.25 bits per heavy atom. The average molecular weight is 356 g/mol. The van der Waals surface area contributed by atoms with Crippen molar-refractivity contribution in [2.24, 2.45) is 0 Å². The van der Waals surface area contributed by atoms with Crippen molar-refractivity contribution in [3.63, 3.8) is 0 Å². The van der Waals surface area contributed by atoms with Crippen LogP contribution in [0.3, 0.4) is 0 Å². The van der Waals surface area contributed by atoms with E-state index in [0.717, 1.165) is 0 Å². The SMILES string of the molecule is CCN(c1ccncc1)S(=O)(=O)c1ccc(N)cc1Br. The fourth-order valence-corrected chi connectivity index (χ4v) is 4.38. The van der Waals surface area contributed by atoms with Crippen LogP contribution in [0.2, 0.25) is 0 Å². The number of hydrogen-bond acceptors (Lipinski definition) is 4. The third kappa shape index (κ3) is 2.78. The number of pyridine rings is 1. The molecule has 0 aliphatic rings. The van der Waals surface area contributed by atoms with Gasteiger partial charge in [-0.1, -0.05) is 0 Å². The second-order valence-electron chi connectivity index (χ2n) is 4.07. The molecule has 1 heterocycles. The lowest BCUT2D eigenvalue weighted by Gasteiger charge is -2.23. The summed E-state index contributed by atoms with van der Waals surface area (Å²) in [5, 5.41) is 0. The Labute approximate surface area is 126 Å². The number of sulfonamides is 1. The van der Waals surface area contributed by atoms with Gasteiger partial charge in [0.2, 0.25) is 0 Å². The first-order chi connectivity index (χ1) is 9.46. The van der Waals surface area contributed by atoms with E-state index >= 15 is 0 Å². The van der Waals surface area contributed by atoms with Crippen LogP contribution >= 0.6 is 15.9 Å². The molecule has 5 nitrogen and oxygen atoms in total. The number of aromatic nitrogens is 1. The molecule has 0 radical (unpaired) electrons. The largest absolute Gasteiger partial charge is 0.399 e. The summed E-state index contributed by atoms with van der Waals surface area (Å²) >= 11 is 3.25. The van der Waals surface area contributed by atoms with Crippen LogP contribution in [-0.4, -0.2) is 19.9 Å². The van der Waals surface area contributed by atoms with Gasteiger partial charge in [-0.15, -0.1) is 0 Å². The average Bonchev–Trinajstić information content (AvgIpc) is 2.40. The van der Waals surface area contributed by atoms with E-state index in [1.165, 1.54) is 10.4 Å². The Balaban J connectivity index is 2.53. The fourth-order valence-electron chi connectivity index (χ4n) is 1.85. The zero-order valence-electron chi connectivity index (χ0n) is 10.8. The van der Waals surface area contributed by atoms with Crippen LogP contribution in [0.15, 0.2) is 52.1 Å². The molecule has 0 spiro atoms. The van der Waals surface area contributed by atoms with E-state index in [2.05, 4.69) is 20.9 Å². The molecule has 2 N–H and O–H groups in total. The Morgan fingerprint density at radius 2 is 1.90 bits per heavy atom. The molecule has 0 saturated carbocycles. The second kappa shape index (κ2) is 5.80. The van der Waals surface area contributed by atoms with E-state index < -0.39 is 10.0 Å². The van der Waals surface area contributed by atoms with Crippen molar-refractivity contribution in [3.8, 4) is 0 Å². The zero-order valence-corrected chi connectivity index (χ0v) is 13.2. The first kappa shape index (κ1) is 14.8. The number of nitrogen functional groups attached to an aromatic ring is 1. The van der Waals surface area contributed by atoms with Gasteiger partial charge in [0, 0.05) is 29.1 Å². The number of rotatable bonds is 4. The summed E-state index contributed by atoms with van der Waals surface area (Å²) < 4.78 is 27.2. The number of halogens is 1. The first-order valence-electron chi connectivity index (χ1n) is 5.94. The third-order valence-corrected chi connectivity index (χ3v) is 5.64. The summed E-state index contributed by atoms with van der Waals surface area (Å²) in [6, 6.07) is 7.96. The molecule has 20 heavy (non-hydrogen) atoms. The van der Waals surface area contributed by atoms with Gasteiger partial charge in [0.25, 0.3) is 10.0 Å². The summed E-state index contributed by atoms with van der Waals surface area (Å²) in [7, 11) is -3.65. The predicted octanol–water partition coefficient (Wildman–Crippen LogP) is 2.64. The monoisotopic (exact) mass is 355 g/mol. The maximum Gasteiger partial charge on any atom is 0.265 e. The number of nitrogens with two attached hydrogens (primary N) is 1. The van der Waals surface area contributed by atoms with E-state index in [4.69, 9.17) is 5.73 Å². The Kier molecular flexibility index (Phi) is 4.29. The van der Waals surface area contributed by atoms with E-state index in [1.54, 1.807) is 43.6 Å². The molecule has 0 amide bonds. The lowest BCUT2D eigenvalue weighted by molar-refractivity contribution is 0.591. The van der Waals surface area contributed by atoms with Gasteiger partial charge in [0.1, 0.15) is 4.90 Å². The smallest absolute Gasteiger partial charge is 0.265 e. The number of nitrogens with zero attached hydrogens (tertiary/aromatic N) is 2. The van der Waals surface area contributed by atoms with Crippen molar-refractivity contribution in [1.29, 1.82) is 0 Å². The predicted molar refractivity (Wildman–Crippen MR) is 83.0 cm³/mol. The molecule has 2 aromatic rings. The highest BCUT2D eigenvalue weighted by Gasteiger charge is 2.25. The van der Waals surface area contributed by atoms with Crippen molar-refractivity contribution in [2.45, 2.75) is 11.8 Å². The lowest BCUT2D eigenvalue weighted by atomic mass is 10.3. The van der Waals surface area contributed by atoms with Crippen molar-refractivity contribution in [1.82, 2.24) is 4.98 Å². The molecule has 0 unspecified atom stereocenters. The van der Waals surface area contributed by atoms with Gasteiger partial charge in [-0.05, 0) is 53.2 Å². The molecule has 1 aromatic heterocycles. The molecular formula is C13H14BrN3O2S. The van der Waals surface area contributed by atoms with Gasteiger partial charge < -0.3 is 5.73 Å². The van der Waals surface area contributed by atoms with Gasteiger partial charge >= 0.3 is 0 Å². The maximum atomic E-state index is 12.7. The van der Waals surface area contributed by atoms with Crippen molar-refractivity contribution in [3.05, 3.63) is 47.2 Å². The summed E-state index contributed by atoms with van der Waals surface area (Å²) in [6.45, 7) is 2.10. The van der Waals surface area contributed by atoms with Gasteiger partial charge in [-0.25, -0.2) is 8.42 Å². The standard InChI is InChI=1S/C13H14BrN3O2S/c1-2-17(11-5-7-16-8-6-11)20(18,19)13-4-3-10(15)9-12(13)14/h3-9H,2,15H2,1H3. The quantitative estimate of drug-likeness (QED) is 0.855. The molecular weight excluding hydrogens is 342 g/mol. The molecule has 0 saturated heterocycles. The van der Waals surface area contributed by atoms with Gasteiger partial charge in [-0.3, -0.25) is 9.29 Å². The topological polar surface area (TPSA) is 76.3 Å². The number of benzene rings is 1. The highest BCUT2D eigenvalue weighted by molar-refractivity contribution is 9.10. The zero-order chi connectivity index (χ0) is 14.8. The summed E-state index contributed by atoms with van der Waals surface area (Å²) in [5.74, 6) is 0. The van der Waals surface area contributed by atoms with E-state index in [9.17, 15) is 8.42 Å². The molecule has 0 bridgehead atoms. The summed E-state index contributed by atoms with van der Waals surface area (Å²) in [4.78, 5) is 4.08. The number of hydrogen-bond donors (Lipinski definition) is 1. The maximum absolute atomic E-state index is 12.7. The van der Waals surface area contributed by atoms with Crippen LogP contribution in [0.5, 0.6) is 0 Å². The second-order valence-corrected chi connectivity index (χ2v) is 6.75. The normalized spacial score (nSPS) is 11.3. The Hall–Kier alpha value is -1.60. The highest BCUT2D eigenvalue weighted by atomic mass is 79.9. The minimum Gasteiger partial charge on any atom is -0.399 e. The third-order valence-electron chi connectivity index (χ3n) is 2.76. The van der Waals surface area contributed by atoms with E-state index in [0.29, 0.717) is 22.4 Å². The molecule has 2 rings (SSSR count).